The number of rotatable bonds is 7. The standard InChI is InChI=1S/C57H49N5OSi/c1-3-19-39(20-4-1)64(40-21-5-2-6-22-40,42-34-35-54-48(37-42)47-28-11-16-33-53(47)63-54)41-23-17-18-38(36-41)55-58-56(61-49-29-12-7-24-43(49)44-25-8-13-30-50(44)61)60-57(59-55)62-51-31-14-9-26-45(51)46-27-10-15-32-52(46)62/h7-18,23-37,39-40H,1-6,19-22H2/i1D2,2D2,3D2,4D2,5D2,6D2,7D,8D,9D,10D,12D,13D,14D,15D,17D,18D,19D2,20D2,21D2,22D2,23D,24D,25D,26D,27D,29D,30D,31D,32D,36D,39D,40D. The summed E-state index contributed by atoms with van der Waals surface area (Å²) in [4.78, 5) is 13.5. The van der Waals surface area contributed by atoms with Crippen molar-refractivity contribution in [1.29, 1.82) is 0 Å². The van der Waals surface area contributed by atoms with E-state index in [0.29, 0.717) is 21.3 Å². The van der Waals surface area contributed by atoms with Gasteiger partial charge in [0.1, 0.15) is 19.2 Å². The van der Waals surface area contributed by atoms with Gasteiger partial charge in [-0.1, -0.05) is 201 Å². The number of para-hydroxylation sites is 5. The predicted octanol–water partition coefficient (Wildman–Crippen LogP) is 13.9. The molecule has 7 heteroatoms. The Bertz CT molecular complexity index is 5370. The zero-order valence-corrected chi connectivity index (χ0v) is 33.2. The van der Waals surface area contributed by atoms with E-state index in [9.17, 15) is 41.1 Å². The molecule has 2 aliphatic rings. The van der Waals surface area contributed by atoms with Crippen LogP contribution in [-0.2, 0) is 0 Å². The van der Waals surface area contributed by atoms with Gasteiger partial charge in [0, 0.05) is 68.0 Å². The highest BCUT2D eigenvalue weighted by Crippen LogP contribution is 2.49. The van der Waals surface area contributed by atoms with Crippen LogP contribution in [0.4, 0.5) is 0 Å². The third-order valence-electron chi connectivity index (χ3n) is 10.9. The Balaban J connectivity index is 1.37. The quantitative estimate of drug-likeness (QED) is 0.150. The molecule has 2 fully saturated rings. The highest BCUT2D eigenvalue weighted by Gasteiger charge is 2.50. The van der Waals surface area contributed by atoms with E-state index in [1.165, 1.54) is 24.3 Å². The Morgan fingerprint density at radius 2 is 1.00 bits per heavy atom. The average molecular weight is 890 g/mol. The third-order valence-corrected chi connectivity index (χ3v) is 15.0. The minimum absolute atomic E-state index is 0.0981. The van der Waals surface area contributed by atoms with Gasteiger partial charge >= 0.3 is 0 Å². The summed E-state index contributed by atoms with van der Waals surface area (Å²) >= 11 is 0. The van der Waals surface area contributed by atoms with E-state index < -0.39 is 286 Å². The summed E-state index contributed by atoms with van der Waals surface area (Å²) in [5, 5.41) is -7.01. The molecule has 312 valence electrons. The van der Waals surface area contributed by atoms with Gasteiger partial charge in [0.05, 0.1) is 49.5 Å². The van der Waals surface area contributed by atoms with Gasteiger partial charge < -0.3 is 4.42 Å². The molecule has 0 N–H and O–H groups in total. The third kappa shape index (κ3) is 5.79. The molecule has 0 saturated heterocycles. The number of benzene rings is 7. The molecule has 0 aliphatic heterocycles. The summed E-state index contributed by atoms with van der Waals surface area (Å²) in [6, 6.07) is -17.2. The predicted molar refractivity (Wildman–Crippen MR) is 266 cm³/mol. The van der Waals surface area contributed by atoms with Gasteiger partial charge in [-0.3, -0.25) is 9.13 Å². The highest BCUT2D eigenvalue weighted by atomic mass is 28.3. The zero-order valence-electron chi connectivity index (χ0n) is 74.2. The minimum atomic E-state index is -8.38. The van der Waals surface area contributed by atoms with Gasteiger partial charge in [-0.15, -0.1) is 0 Å². The molecule has 4 aromatic heterocycles. The molecule has 0 radical (unpaired) electrons. The lowest BCUT2D eigenvalue weighted by Crippen LogP contribution is -2.65. The smallest absolute Gasteiger partial charge is 0.240 e. The molecule has 0 amide bonds. The number of furan rings is 1. The Morgan fingerprint density at radius 1 is 0.500 bits per heavy atom. The number of fused-ring (bicyclic) bond motifs is 9. The Hall–Kier alpha value is -6.83. The van der Waals surface area contributed by atoms with Crippen LogP contribution in [0.3, 0.4) is 0 Å². The second kappa shape index (κ2) is 15.2. The number of nitrogens with zero attached hydrogens (tertiary/aromatic N) is 5. The van der Waals surface area contributed by atoms with E-state index in [1.807, 2.05) is 0 Å². The lowest BCUT2D eigenvalue weighted by atomic mass is 9.99. The fourth-order valence-corrected chi connectivity index (χ4v) is 12.1. The van der Waals surface area contributed by atoms with E-state index in [2.05, 4.69) is 15.0 Å². The molecule has 0 atom stereocenters. The van der Waals surface area contributed by atoms with Gasteiger partial charge in [-0.2, -0.15) is 15.0 Å². The molecule has 7 aromatic carbocycles. The summed E-state index contributed by atoms with van der Waals surface area (Å²) < 4.78 is 409. The molecule has 13 rings (SSSR count). The summed E-state index contributed by atoms with van der Waals surface area (Å²) in [5.41, 5.74) is -16.4. The van der Waals surface area contributed by atoms with Crippen LogP contribution in [0.15, 0.2) is 168 Å². The van der Waals surface area contributed by atoms with Gasteiger partial charge in [0.15, 0.2) is 5.82 Å². The maximum atomic E-state index is 11.2. The van der Waals surface area contributed by atoms with Crippen molar-refractivity contribution in [3.05, 3.63) is 163 Å². The van der Waals surface area contributed by atoms with Crippen LogP contribution in [0.2, 0.25) is 11.0 Å². The lowest BCUT2D eigenvalue weighted by molar-refractivity contribution is 0.459. The van der Waals surface area contributed by atoms with Crippen LogP contribution in [0, 0.1) is 0 Å². The van der Waals surface area contributed by atoms with Crippen molar-refractivity contribution in [3.63, 3.8) is 0 Å². The Kier molecular flexibility index (Phi) is 3.46. The van der Waals surface area contributed by atoms with Crippen molar-refractivity contribution in [2.24, 2.45) is 0 Å². The van der Waals surface area contributed by atoms with E-state index in [0.717, 1.165) is 6.07 Å². The zero-order chi connectivity index (χ0) is 79.4. The average Bonchev–Trinajstić information content (AvgIpc) is 0.714. The fraction of sp³-hybridized carbons (Fsp3) is 0.211. The topological polar surface area (TPSA) is 61.7 Å². The van der Waals surface area contributed by atoms with Crippen LogP contribution >= 0.6 is 0 Å². The van der Waals surface area contributed by atoms with Crippen molar-refractivity contribution in [3.8, 4) is 23.3 Å². The molecule has 2 aliphatic carbocycles. The molecule has 2 saturated carbocycles. The van der Waals surface area contributed by atoms with Crippen molar-refractivity contribution in [2.75, 3.05) is 0 Å². The van der Waals surface area contributed by atoms with E-state index in [4.69, 9.17) is 20.9 Å². The first-order chi connectivity index (χ1) is 48.3. The molecule has 64 heavy (non-hydrogen) atoms. The Labute approximate surface area is 432 Å². The van der Waals surface area contributed by atoms with Crippen LogP contribution < -0.4 is 10.4 Å². The summed E-state index contributed by atoms with van der Waals surface area (Å²) in [7, 11) is -8.38. The summed E-state index contributed by atoms with van der Waals surface area (Å²) in [6.45, 7) is 0. The van der Waals surface area contributed by atoms with Crippen LogP contribution in [0.1, 0.15) is 121 Å². The highest BCUT2D eigenvalue weighted by molar-refractivity contribution is 7.04. The van der Waals surface area contributed by atoms with Gasteiger partial charge in [0.2, 0.25) is 11.9 Å². The van der Waals surface area contributed by atoms with Crippen LogP contribution in [0.5, 0.6) is 0 Å². The first-order valence-corrected chi connectivity index (χ1v) is 21.2. The molecule has 6 nitrogen and oxygen atoms in total. The van der Waals surface area contributed by atoms with Crippen LogP contribution in [0.25, 0.3) is 88.8 Å². The minimum Gasteiger partial charge on any atom is -0.456 e. The summed E-state index contributed by atoms with van der Waals surface area (Å²) in [5.74, 6) is -4.17. The number of hydrogen-bond donors (Lipinski definition) is 0. The molecular weight excluding hydrogens is 799 g/mol. The van der Waals surface area contributed by atoms with Crippen molar-refractivity contribution >= 4 is 84.0 Å². The van der Waals surface area contributed by atoms with Gasteiger partial charge in [0.25, 0.3) is 0 Å². The molecular formula is C57H49N5OSi. The first-order valence-electron chi connectivity index (χ1n) is 40.2. The number of aromatic nitrogens is 5. The number of hydrogen-bond acceptors (Lipinski definition) is 4. The largest absolute Gasteiger partial charge is 0.456 e. The second-order valence-electron chi connectivity index (χ2n) is 14.1. The van der Waals surface area contributed by atoms with Crippen molar-refractivity contribution < 1.29 is 62.0 Å². The van der Waals surface area contributed by atoms with Crippen LogP contribution in [-0.4, -0.2) is 32.2 Å². The normalized spacial score (nSPS) is 34.0. The van der Waals surface area contributed by atoms with Crippen molar-refractivity contribution in [2.45, 2.75) is 74.8 Å². The van der Waals surface area contributed by atoms with E-state index in [1.54, 1.807) is 0 Å². The fourth-order valence-electron chi connectivity index (χ4n) is 8.19. The Morgan fingerprint density at radius 3 is 1.55 bits per heavy atom. The monoisotopic (exact) mass is 890 g/mol. The maximum Gasteiger partial charge on any atom is 0.240 e. The second-order valence-corrected chi connectivity index (χ2v) is 17.7. The lowest BCUT2D eigenvalue weighted by Gasteiger charge is -2.48. The summed E-state index contributed by atoms with van der Waals surface area (Å²) in [6.07, 6.45) is -49.5. The maximum absolute atomic E-state index is 11.2. The molecule has 11 aromatic rings. The molecule has 0 bridgehead atoms. The van der Waals surface area contributed by atoms with E-state index >= 15 is 0 Å². The van der Waals surface area contributed by atoms with Gasteiger partial charge in [-0.05, 0) is 47.3 Å². The molecule has 0 unspecified atom stereocenters. The van der Waals surface area contributed by atoms with Crippen molar-refractivity contribution in [1.82, 2.24) is 24.1 Å². The SMILES string of the molecule is [2H]c1c([2H])c(-c2nc(-n3c4c([2H])c([2H])c([2H])c([2H])c4c4c([2H])c([2H])c([2H])c([2H])c43)nc(-n3c4c([2H])c([2H])c([2H])c([2H])c4c4c([2H])c([2H])c([2H])c([2H])c43)n2)c([2H])c([Si](c2ccc3oc4ccccc4c3c2)(C2([2H])C([2H])([2H])C([2H])([2H])C([2H])([2H])C([2H])([2H])C2([2H])[2H])C2([2H])C([2H])([2H])C([2H])([2H])C([2H])([2H])C([2H])([2H])C2([2H])[2H])c1[2H]. The van der Waals surface area contributed by atoms with Gasteiger partial charge in [-0.25, -0.2) is 0 Å². The first kappa shape index (κ1) is 14.6. The molecule has 0 spiro atoms. The van der Waals surface area contributed by atoms with E-state index in [-0.39, 0.29) is 16.6 Å². The molecule has 4 heterocycles.